The van der Waals surface area contributed by atoms with Gasteiger partial charge in [0, 0.05) is 17.3 Å². The summed E-state index contributed by atoms with van der Waals surface area (Å²) in [7, 11) is 0. The van der Waals surface area contributed by atoms with Crippen LogP contribution in [-0.2, 0) is 11.2 Å². The van der Waals surface area contributed by atoms with E-state index in [1.165, 1.54) is 23.5 Å². The molecule has 0 radical (unpaired) electrons. The molecule has 2 aromatic heterocycles. The van der Waals surface area contributed by atoms with E-state index in [-0.39, 0.29) is 18.1 Å². The fourth-order valence-corrected chi connectivity index (χ4v) is 2.90. The largest absolute Gasteiger partial charge is 0.573 e. The Morgan fingerprint density at radius 1 is 1.15 bits per heavy atom. The van der Waals surface area contributed by atoms with Crippen LogP contribution in [0.2, 0.25) is 0 Å². The highest BCUT2D eigenvalue weighted by atomic mass is 32.1. The Labute approximate surface area is 150 Å². The number of nitrogens with zero attached hydrogens (tertiary/aromatic N) is 2. The lowest BCUT2D eigenvalue weighted by Gasteiger charge is -2.09. The number of nitrogens with one attached hydrogen (secondary N) is 1. The van der Waals surface area contributed by atoms with Gasteiger partial charge in [0.25, 0.3) is 0 Å². The van der Waals surface area contributed by atoms with Gasteiger partial charge in [-0.15, -0.1) is 24.5 Å². The van der Waals surface area contributed by atoms with Gasteiger partial charge in [-0.25, -0.2) is 4.98 Å². The number of hydrogen-bond donors (Lipinski definition) is 1. The lowest BCUT2D eigenvalue weighted by molar-refractivity contribution is -0.274. The molecule has 0 aliphatic rings. The molecule has 0 fully saturated rings. The van der Waals surface area contributed by atoms with E-state index in [4.69, 9.17) is 0 Å². The average molecular weight is 379 g/mol. The summed E-state index contributed by atoms with van der Waals surface area (Å²) in [6, 6.07) is 10.4. The van der Waals surface area contributed by atoms with Crippen LogP contribution in [0.3, 0.4) is 0 Å². The van der Waals surface area contributed by atoms with Gasteiger partial charge in [0.15, 0.2) is 0 Å². The Balaban J connectivity index is 1.58. The molecule has 0 aliphatic carbocycles. The summed E-state index contributed by atoms with van der Waals surface area (Å²) in [5.74, 6) is -0.678. The molecule has 1 N–H and O–H groups in total. The van der Waals surface area contributed by atoms with Gasteiger partial charge in [-0.1, -0.05) is 6.07 Å². The normalized spacial score (nSPS) is 11.2. The van der Waals surface area contributed by atoms with Gasteiger partial charge in [0.2, 0.25) is 5.91 Å². The van der Waals surface area contributed by atoms with Crippen LogP contribution in [-0.4, -0.2) is 22.2 Å². The Hall–Kier alpha value is -2.94. The van der Waals surface area contributed by atoms with Crippen molar-refractivity contribution in [1.29, 1.82) is 0 Å². The van der Waals surface area contributed by atoms with Crippen LogP contribution in [0.15, 0.2) is 54.0 Å². The van der Waals surface area contributed by atoms with Gasteiger partial charge in [-0.3, -0.25) is 9.78 Å². The zero-order chi connectivity index (χ0) is 18.6. The van der Waals surface area contributed by atoms with Gasteiger partial charge in [0.05, 0.1) is 17.8 Å². The number of pyridine rings is 1. The van der Waals surface area contributed by atoms with Crippen molar-refractivity contribution < 1.29 is 22.7 Å². The standard InChI is InChI=1S/C17H12F3N3O2S/c18-17(19,20)25-13-6-4-11(5-7-13)22-15(24)9-12-10-26-16(23-12)14-3-1-2-8-21-14/h1-8,10H,9H2,(H,22,24). The average Bonchev–Trinajstić information content (AvgIpc) is 3.04. The van der Waals surface area contributed by atoms with Gasteiger partial charge >= 0.3 is 6.36 Å². The molecule has 26 heavy (non-hydrogen) atoms. The summed E-state index contributed by atoms with van der Waals surface area (Å²) in [5.41, 5.74) is 1.68. The van der Waals surface area contributed by atoms with Crippen LogP contribution in [0.1, 0.15) is 5.69 Å². The number of benzene rings is 1. The first-order valence-electron chi connectivity index (χ1n) is 7.40. The van der Waals surface area contributed by atoms with Crippen molar-refractivity contribution in [2.45, 2.75) is 12.8 Å². The highest BCUT2D eigenvalue weighted by Gasteiger charge is 2.30. The molecule has 1 aromatic carbocycles. The Morgan fingerprint density at radius 2 is 1.92 bits per heavy atom. The molecule has 0 bridgehead atoms. The number of alkyl halides is 3. The summed E-state index contributed by atoms with van der Waals surface area (Å²) >= 11 is 1.38. The number of ether oxygens (including phenoxy) is 1. The molecular weight excluding hydrogens is 367 g/mol. The molecule has 0 atom stereocenters. The maximum atomic E-state index is 12.1. The SMILES string of the molecule is O=C(Cc1csc(-c2ccccn2)n1)Nc1ccc(OC(F)(F)F)cc1. The molecular formula is C17H12F3N3O2S. The fraction of sp³-hybridized carbons (Fsp3) is 0.118. The van der Waals surface area contributed by atoms with Crippen molar-refractivity contribution >= 4 is 22.9 Å². The third kappa shape index (κ3) is 5.03. The lowest BCUT2D eigenvalue weighted by Crippen LogP contribution is -2.17. The minimum absolute atomic E-state index is 0.0458. The molecule has 0 spiro atoms. The number of aromatic nitrogens is 2. The number of hydrogen-bond acceptors (Lipinski definition) is 5. The van der Waals surface area contributed by atoms with Crippen LogP contribution in [0.5, 0.6) is 5.75 Å². The van der Waals surface area contributed by atoms with Crippen molar-refractivity contribution in [2.24, 2.45) is 0 Å². The first-order valence-corrected chi connectivity index (χ1v) is 8.28. The lowest BCUT2D eigenvalue weighted by atomic mass is 10.2. The summed E-state index contributed by atoms with van der Waals surface area (Å²) in [5, 5.41) is 5.08. The van der Waals surface area contributed by atoms with Crippen molar-refractivity contribution in [3.63, 3.8) is 0 Å². The van der Waals surface area contributed by atoms with Crippen LogP contribution >= 0.6 is 11.3 Å². The molecule has 0 saturated carbocycles. The molecule has 3 aromatic rings. The molecule has 5 nitrogen and oxygen atoms in total. The maximum absolute atomic E-state index is 12.1. The molecule has 2 heterocycles. The van der Waals surface area contributed by atoms with Crippen molar-refractivity contribution in [2.75, 3.05) is 5.32 Å². The van der Waals surface area contributed by atoms with E-state index < -0.39 is 6.36 Å². The fourth-order valence-electron chi connectivity index (χ4n) is 2.10. The third-order valence-electron chi connectivity index (χ3n) is 3.15. The van der Waals surface area contributed by atoms with Crippen molar-refractivity contribution in [3.05, 3.63) is 59.7 Å². The van der Waals surface area contributed by atoms with E-state index in [1.807, 2.05) is 12.1 Å². The van der Waals surface area contributed by atoms with Crippen LogP contribution in [0.25, 0.3) is 10.7 Å². The second-order valence-electron chi connectivity index (χ2n) is 5.16. The van der Waals surface area contributed by atoms with Crippen LogP contribution in [0, 0.1) is 0 Å². The van der Waals surface area contributed by atoms with Crippen molar-refractivity contribution in [1.82, 2.24) is 9.97 Å². The highest BCUT2D eigenvalue weighted by Crippen LogP contribution is 2.24. The van der Waals surface area contributed by atoms with E-state index in [9.17, 15) is 18.0 Å². The van der Waals surface area contributed by atoms with E-state index in [0.29, 0.717) is 16.4 Å². The number of halogens is 3. The zero-order valence-corrected chi connectivity index (χ0v) is 14.0. The number of amides is 1. The van der Waals surface area contributed by atoms with Crippen LogP contribution < -0.4 is 10.1 Å². The number of thiazole rings is 1. The smallest absolute Gasteiger partial charge is 0.406 e. The summed E-state index contributed by atoms with van der Waals surface area (Å²) < 4.78 is 40.1. The van der Waals surface area contributed by atoms with E-state index >= 15 is 0 Å². The Kier molecular flexibility index (Phi) is 5.17. The Morgan fingerprint density at radius 3 is 2.58 bits per heavy atom. The van der Waals surface area contributed by atoms with Gasteiger partial charge in [-0.05, 0) is 36.4 Å². The van der Waals surface area contributed by atoms with Crippen molar-refractivity contribution in [3.8, 4) is 16.5 Å². The monoisotopic (exact) mass is 379 g/mol. The Bertz CT molecular complexity index is 880. The van der Waals surface area contributed by atoms with Gasteiger partial charge in [0.1, 0.15) is 10.8 Å². The maximum Gasteiger partial charge on any atom is 0.573 e. The number of rotatable bonds is 5. The van der Waals surface area contributed by atoms with Crippen LogP contribution in [0.4, 0.5) is 18.9 Å². The molecule has 0 aliphatic heterocycles. The minimum atomic E-state index is -4.75. The summed E-state index contributed by atoms with van der Waals surface area (Å²) in [6.45, 7) is 0. The summed E-state index contributed by atoms with van der Waals surface area (Å²) in [4.78, 5) is 20.6. The zero-order valence-electron chi connectivity index (χ0n) is 13.2. The molecule has 1 amide bonds. The number of carbonyl (C=O) groups is 1. The highest BCUT2D eigenvalue weighted by molar-refractivity contribution is 7.13. The molecule has 3 rings (SSSR count). The van der Waals surface area contributed by atoms with E-state index in [0.717, 1.165) is 17.8 Å². The number of anilines is 1. The first-order chi connectivity index (χ1) is 12.4. The second-order valence-corrected chi connectivity index (χ2v) is 6.01. The van der Waals surface area contributed by atoms with Gasteiger partial charge < -0.3 is 10.1 Å². The van der Waals surface area contributed by atoms with E-state index in [1.54, 1.807) is 17.6 Å². The summed E-state index contributed by atoms with van der Waals surface area (Å²) in [6.07, 6.45) is -3.04. The molecule has 0 unspecified atom stereocenters. The number of carbonyl (C=O) groups excluding carboxylic acids is 1. The van der Waals surface area contributed by atoms with E-state index in [2.05, 4.69) is 20.0 Å². The predicted octanol–water partition coefficient (Wildman–Crippen LogP) is 4.28. The van der Waals surface area contributed by atoms with Gasteiger partial charge in [-0.2, -0.15) is 0 Å². The second kappa shape index (κ2) is 7.52. The topological polar surface area (TPSA) is 64.1 Å². The third-order valence-corrected chi connectivity index (χ3v) is 4.06. The first kappa shape index (κ1) is 17.9. The molecule has 9 heteroatoms. The molecule has 134 valence electrons. The minimum Gasteiger partial charge on any atom is -0.406 e. The quantitative estimate of drug-likeness (QED) is 0.719. The predicted molar refractivity (Wildman–Crippen MR) is 90.8 cm³/mol. The molecule has 0 saturated heterocycles.